The van der Waals surface area contributed by atoms with Crippen LogP contribution in [0.15, 0.2) is 0 Å². The SMILES string of the molecule is O=CNCCC1CCC(C(F)(F)F)CC1. The maximum Gasteiger partial charge on any atom is 0.391 e. The van der Waals surface area contributed by atoms with E-state index in [2.05, 4.69) is 5.32 Å². The number of hydrogen-bond acceptors (Lipinski definition) is 1. The Morgan fingerprint density at radius 3 is 2.27 bits per heavy atom. The van der Waals surface area contributed by atoms with Crippen molar-refractivity contribution >= 4 is 6.41 Å². The minimum absolute atomic E-state index is 0.245. The average molecular weight is 223 g/mol. The molecule has 1 amide bonds. The predicted octanol–water partition coefficient (Wildman–Crippen LogP) is 2.49. The zero-order valence-electron chi connectivity index (χ0n) is 8.52. The van der Waals surface area contributed by atoms with Crippen molar-refractivity contribution in [2.24, 2.45) is 11.8 Å². The first-order valence-corrected chi connectivity index (χ1v) is 5.27. The Morgan fingerprint density at radius 2 is 1.80 bits per heavy atom. The van der Waals surface area contributed by atoms with Crippen LogP contribution in [0.25, 0.3) is 0 Å². The van der Waals surface area contributed by atoms with E-state index in [9.17, 15) is 18.0 Å². The van der Waals surface area contributed by atoms with Crippen molar-refractivity contribution in [3.05, 3.63) is 0 Å². The van der Waals surface area contributed by atoms with Gasteiger partial charge in [0.15, 0.2) is 0 Å². The molecule has 15 heavy (non-hydrogen) atoms. The molecule has 5 heteroatoms. The first kappa shape index (κ1) is 12.3. The van der Waals surface area contributed by atoms with E-state index in [1.807, 2.05) is 0 Å². The number of halogens is 3. The number of rotatable bonds is 4. The molecule has 1 fully saturated rings. The monoisotopic (exact) mass is 223 g/mol. The third kappa shape index (κ3) is 4.10. The van der Waals surface area contributed by atoms with Crippen molar-refractivity contribution < 1.29 is 18.0 Å². The second-order valence-electron chi connectivity index (χ2n) is 4.12. The summed E-state index contributed by atoms with van der Waals surface area (Å²) in [6.07, 6.45) is -0.851. The summed E-state index contributed by atoms with van der Waals surface area (Å²) in [4.78, 5) is 9.97. The molecule has 1 rings (SSSR count). The number of nitrogens with one attached hydrogen (secondary N) is 1. The summed E-state index contributed by atoms with van der Waals surface area (Å²) in [5.41, 5.74) is 0. The molecular formula is C10H16F3NO. The van der Waals surface area contributed by atoms with Crippen molar-refractivity contribution in [3.8, 4) is 0 Å². The van der Waals surface area contributed by atoms with Crippen molar-refractivity contribution in [2.45, 2.75) is 38.3 Å². The van der Waals surface area contributed by atoms with Crippen LogP contribution >= 0.6 is 0 Å². The molecule has 0 aliphatic heterocycles. The van der Waals surface area contributed by atoms with Gasteiger partial charge in [0.25, 0.3) is 0 Å². The molecule has 0 radical (unpaired) electrons. The van der Waals surface area contributed by atoms with Crippen molar-refractivity contribution in [2.75, 3.05) is 6.54 Å². The van der Waals surface area contributed by atoms with Crippen LogP contribution in [0.5, 0.6) is 0 Å². The van der Waals surface area contributed by atoms with Crippen molar-refractivity contribution in [3.63, 3.8) is 0 Å². The third-order valence-corrected chi connectivity index (χ3v) is 3.09. The van der Waals surface area contributed by atoms with Crippen LogP contribution < -0.4 is 5.32 Å². The van der Waals surface area contributed by atoms with Gasteiger partial charge in [-0.1, -0.05) is 0 Å². The molecule has 1 saturated carbocycles. The largest absolute Gasteiger partial charge is 0.391 e. The van der Waals surface area contributed by atoms with E-state index in [4.69, 9.17) is 0 Å². The molecule has 0 atom stereocenters. The summed E-state index contributed by atoms with van der Waals surface area (Å²) < 4.78 is 36.9. The minimum Gasteiger partial charge on any atom is -0.359 e. The Balaban J connectivity index is 2.21. The molecule has 0 aromatic carbocycles. The Kier molecular flexibility index (Phi) is 4.42. The number of amides is 1. The molecule has 1 aliphatic rings. The predicted molar refractivity (Wildman–Crippen MR) is 50.2 cm³/mol. The smallest absolute Gasteiger partial charge is 0.359 e. The highest BCUT2D eigenvalue weighted by molar-refractivity contribution is 5.45. The maximum atomic E-state index is 12.3. The quantitative estimate of drug-likeness (QED) is 0.575. The molecule has 0 unspecified atom stereocenters. The van der Waals surface area contributed by atoms with E-state index in [1.54, 1.807) is 0 Å². The molecule has 2 nitrogen and oxygen atoms in total. The van der Waals surface area contributed by atoms with Crippen molar-refractivity contribution in [1.29, 1.82) is 0 Å². The Labute approximate surface area is 87.2 Å². The van der Waals surface area contributed by atoms with Gasteiger partial charge in [0.1, 0.15) is 0 Å². The second-order valence-corrected chi connectivity index (χ2v) is 4.12. The Hall–Kier alpha value is -0.740. The van der Waals surface area contributed by atoms with Gasteiger partial charge in [-0.3, -0.25) is 4.79 Å². The van der Waals surface area contributed by atoms with Crippen LogP contribution in [0.1, 0.15) is 32.1 Å². The van der Waals surface area contributed by atoms with E-state index < -0.39 is 12.1 Å². The number of carbonyl (C=O) groups is 1. The lowest BCUT2D eigenvalue weighted by molar-refractivity contribution is -0.184. The second kappa shape index (κ2) is 5.37. The lowest BCUT2D eigenvalue weighted by atomic mass is 9.80. The van der Waals surface area contributed by atoms with Crippen LogP contribution in [0.4, 0.5) is 13.2 Å². The fourth-order valence-corrected chi connectivity index (χ4v) is 2.12. The van der Waals surface area contributed by atoms with Crippen LogP contribution in [-0.2, 0) is 4.79 Å². The maximum absolute atomic E-state index is 12.3. The number of alkyl halides is 3. The van der Waals surface area contributed by atoms with Gasteiger partial charge in [-0.2, -0.15) is 13.2 Å². The molecule has 1 aliphatic carbocycles. The summed E-state index contributed by atoms with van der Waals surface area (Å²) in [6, 6.07) is 0. The van der Waals surface area contributed by atoms with Crippen LogP contribution in [0.2, 0.25) is 0 Å². The molecule has 0 aromatic rings. The lowest BCUT2D eigenvalue weighted by Gasteiger charge is -2.29. The fraction of sp³-hybridized carbons (Fsp3) is 0.900. The summed E-state index contributed by atoms with van der Waals surface area (Å²) in [6.45, 7) is 0.574. The molecule has 88 valence electrons. The summed E-state index contributed by atoms with van der Waals surface area (Å²) in [5, 5.41) is 2.53. The molecule has 1 N–H and O–H groups in total. The first-order chi connectivity index (χ1) is 7.04. The molecule has 0 aromatic heterocycles. The van der Waals surface area contributed by atoms with Gasteiger partial charge in [-0.25, -0.2) is 0 Å². The summed E-state index contributed by atoms with van der Waals surface area (Å²) >= 11 is 0. The van der Waals surface area contributed by atoms with Gasteiger partial charge in [0.05, 0.1) is 5.92 Å². The summed E-state index contributed by atoms with van der Waals surface area (Å²) in [5.74, 6) is -0.760. The van der Waals surface area contributed by atoms with Gasteiger partial charge in [0.2, 0.25) is 6.41 Å². The van der Waals surface area contributed by atoms with Crippen LogP contribution in [0, 0.1) is 11.8 Å². The topological polar surface area (TPSA) is 29.1 Å². The molecule has 0 bridgehead atoms. The fourth-order valence-electron chi connectivity index (χ4n) is 2.12. The highest BCUT2D eigenvalue weighted by Gasteiger charge is 2.41. The molecule has 0 spiro atoms. The lowest BCUT2D eigenvalue weighted by Crippen LogP contribution is -2.28. The van der Waals surface area contributed by atoms with E-state index in [0.29, 0.717) is 31.7 Å². The van der Waals surface area contributed by atoms with E-state index in [1.165, 1.54) is 0 Å². The van der Waals surface area contributed by atoms with E-state index >= 15 is 0 Å². The zero-order chi connectivity index (χ0) is 11.3. The van der Waals surface area contributed by atoms with Gasteiger partial charge < -0.3 is 5.32 Å². The van der Waals surface area contributed by atoms with E-state index in [-0.39, 0.29) is 12.8 Å². The van der Waals surface area contributed by atoms with Gasteiger partial charge in [-0.15, -0.1) is 0 Å². The minimum atomic E-state index is -4.02. The third-order valence-electron chi connectivity index (χ3n) is 3.09. The van der Waals surface area contributed by atoms with Gasteiger partial charge >= 0.3 is 6.18 Å². The average Bonchev–Trinajstić information content (AvgIpc) is 2.18. The van der Waals surface area contributed by atoms with Gasteiger partial charge in [0, 0.05) is 6.54 Å². The highest BCUT2D eigenvalue weighted by atomic mass is 19.4. The number of hydrogen-bond donors (Lipinski definition) is 1. The van der Waals surface area contributed by atoms with Crippen LogP contribution in [0.3, 0.4) is 0 Å². The Morgan fingerprint density at radius 1 is 1.20 bits per heavy atom. The molecular weight excluding hydrogens is 207 g/mol. The Bertz CT molecular complexity index is 197. The van der Waals surface area contributed by atoms with Crippen LogP contribution in [-0.4, -0.2) is 19.1 Å². The molecule has 0 saturated heterocycles. The van der Waals surface area contributed by atoms with Gasteiger partial charge in [-0.05, 0) is 38.0 Å². The zero-order valence-corrected chi connectivity index (χ0v) is 8.52. The first-order valence-electron chi connectivity index (χ1n) is 5.27. The van der Waals surface area contributed by atoms with Crippen molar-refractivity contribution in [1.82, 2.24) is 5.32 Å². The number of carbonyl (C=O) groups excluding carboxylic acids is 1. The van der Waals surface area contributed by atoms with E-state index in [0.717, 1.165) is 6.42 Å². The standard InChI is InChI=1S/C10H16F3NO/c11-10(12,13)9-3-1-8(2-4-9)5-6-14-7-15/h7-9H,1-6H2,(H,14,15). The summed E-state index contributed by atoms with van der Waals surface area (Å²) in [7, 11) is 0. The molecule has 0 heterocycles. The highest BCUT2D eigenvalue weighted by Crippen LogP contribution is 2.40. The normalized spacial score (nSPS) is 27.4.